The molecule has 5 nitrogen and oxygen atoms in total. The fraction of sp³-hybridized carbons (Fsp3) is 0.579. The van der Waals surface area contributed by atoms with E-state index in [1.165, 1.54) is 11.3 Å². The topological polar surface area (TPSA) is 43.9 Å². The molecule has 0 unspecified atom stereocenters. The fourth-order valence-corrected chi connectivity index (χ4v) is 2.93. The van der Waals surface area contributed by atoms with E-state index in [-0.39, 0.29) is 18.2 Å². The van der Waals surface area contributed by atoms with E-state index in [4.69, 9.17) is 0 Å². The number of carbonyl (C=O) groups is 2. The van der Waals surface area contributed by atoms with Gasteiger partial charge in [-0.3, -0.25) is 9.59 Å². The van der Waals surface area contributed by atoms with E-state index in [1.807, 2.05) is 4.90 Å². The number of benzene rings is 1. The van der Waals surface area contributed by atoms with Crippen LogP contribution >= 0.6 is 0 Å². The average molecular weight is 331 g/mol. The molecule has 132 valence electrons. The molecule has 2 rings (SSSR count). The van der Waals surface area contributed by atoms with E-state index < -0.39 is 0 Å². The third-order valence-electron chi connectivity index (χ3n) is 4.57. The Bertz CT molecular complexity index is 565. The molecule has 0 aromatic heterocycles. The van der Waals surface area contributed by atoms with Gasteiger partial charge < -0.3 is 14.7 Å². The molecule has 0 bridgehead atoms. The van der Waals surface area contributed by atoms with Crippen LogP contribution in [0.5, 0.6) is 0 Å². The Morgan fingerprint density at radius 1 is 1.17 bits per heavy atom. The lowest BCUT2D eigenvalue weighted by Crippen LogP contribution is -2.49. The van der Waals surface area contributed by atoms with Gasteiger partial charge in [0.15, 0.2) is 0 Å². The predicted octanol–water partition coefficient (Wildman–Crippen LogP) is 2.29. The van der Waals surface area contributed by atoms with Crippen LogP contribution in [0.1, 0.15) is 31.7 Å². The number of rotatable bonds is 6. The summed E-state index contributed by atoms with van der Waals surface area (Å²) in [6, 6.07) is 8.43. The molecule has 0 N–H and O–H groups in total. The Labute approximate surface area is 145 Å². The maximum atomic E-state index is 12.3. The van der Waals surface area contributed by atoms with E-state index >= 15 is 0 Å². The monoisotopic (exact) mass is 331 g/mol. The molecule has 1 aromatic rings. The Morgan fingerprint density at radius 3 is 2.50 bits per heavy atom. The molecular formula is C19H29N3O2. The molecule has 0 spiro atoms. The molecule has 0 aliphatic carbocycles. The number of hydrogen-bond acceptors (Lipinski definition) is 3. The summed E-state index contributed by atoms with van der Waals surface area (Å²) in [6.45, 7) is 7.90. The Balaban J connectivity index is 1.81. The van der Waals surface area contributed by atoms with Crippen molar-refractivity contribution in [3.05, 3.63) is 29.8 Å². The number of unbranched alkanes of at least 4 members (excludes halogenated alkanes) is 1. The van der Waals surface area contributed by atoms with Crippen LogP contribution in [0.2, 0.25) is 0 Å². The summed E-state index contributed by atoms with van der Waals surface area (Å²) >= 11 is 0. The van der Waals surface area contributed by atoms with Crippen LogP contribution < -0.4 is 4.90 Å². The van der Waals surface area contributed by atoms with Gasteiger partial charge in [-0.05, 0) is 31.0 Å². The normalized spacial score (nSPS) is 14.6. The minimum Gasteiger partial charge on any atom is -0.368 e. The molecule has 1 heterocycles. The van der Waals surface area contributed by atoms with Crippen molar-refractivity contribution >= 4 is 17.5 Å². The zero-order valence-electron chi connectivity index (χ0n) is 15.1. The zero-order chi connectivity index (χ0) is 17.5. The van der Waals surface area contributed by atoms with Crippen LogP contribution in [-0.4, -0.2) is 61.4 Å². The van der Waals surface area contributed by atoms with Gasteiger partial charge in [0.2, 0.25) is 11.8 Å². The molecule has 1 fully saturated rings. The number of carbonyl (C=O) groups excluding carboxylic acids is 2. The summed E-state index contributed by atoms with van der Waals surface area (Å²) in [4.78, 5) is 30.2. The largest absolute Gasteiger partial charge is 0.368 e. The van der Waals surface area contributed by atoms with Crippen molar-refractivity contribution in [1.82, 2.24) is 9.80 Å². The first-order chi connectivity index (χ1) is 11.5. The molecule has 1 aromatic carbocycles. The van der Waals surface area contributed by atoms with E-state index in [0.717, 1.165) is 32.5 Å². The van der Waals surface area contributed by atoms with Crippen molar-refractivity contribution in [3.63, 3.8) is 0 Å². The van der Waals surface area contributed by atoms with E-state index in [9.17, 15) is 9.59 Å². The van der Waals surface area contributed by atoms with Gasteiger partial charge in [-0.15, -0.1) is 0 Å². The highest BCUT2D eigenvalue weighted by Gasteiger charge is 2.24. The molecular weight excluding hydrogens is 302 g/mol. The second-order valence-electron chi connectivity index (χ2n) is 6.55. The molecule has 0 radical (unpaired) electrons. The van der Waals surface area contributed by atoms with Gasteiger partial charge in [-0.1, -0.05) is 25.5 Å². The van der Waals surface area contributed by atoms with Gasteiger partial charge in [-0.25, -0.2) is 0 Å². The summed E-state index contributed by atoms with van der Waals surface area (Å²) in [7, 11) is 1.78. The maximum absolute atomic E-state index is 12.3. The number of hydrogen-bond donors (Lipinski definition) is 0. The maximum Gasteiger partial charge on any atom is 0.232 e. The van der Waals surface area contributed by atoms with Gasteiger partial charge in [0.1, 0.15) is 6.42 Å². The zero-order valence-corrected chi connectivity index (χ0v) is 15.1. The summed E-state index contributed by atoms with van der Waals surface area (Å²) in [5, 5.41) is 0. The highest BCUT2D eigenvalue weighted by Crippen LogP contribution is 2.18. The highest BCUT2D eigenvalue weighted by molar-refractivity contribution is 5.96. The van der Waals surface area contributed by atoms with E-state index in [0.29, 0.717) is 13.1 Å². The van der Waals surface area contributed by atoms with Gasteiger partial charge >= 0.3 is 0 Å². The highest BCUT2D eigenvalue weighted by atomic mass is 16.2. The number of amides is 2. The fourth-order valence-electron chi connectivity index (χ4n) is 2.93. The molecule has 1 saturated heterocycles. The molecule has 5 heteroatoms. The van der Waals surface area contributed by atoms with Crippen molar-refractivity contribution < 1.29 is 9.59 Å². The molecule has 0 atom stereocenters. The van der Waals surface area contributed by atoms with Crippen LogP contribution in [0.3, 0.4) is 0 Å². The van der Waals surface area contributed by atoms with Crippen molar-refractivity contribution in [3.8, 4) is 0 Å². The second kappa shape index (κ2) is 8.71. The number of anilines is 1. The van der Waals surface area contributed by atoms with Gasteiger partial charge in [-0.2, -0.15) is 0 Å². The van der Waals surface area contributed by atoms with Gasteiger partial charge in [0.25, 0.3) is 0 Å². The molecule has 24 heavy (non-hydrogen) atoms. The van der Waals surface area contributed by atoms with Gasteiger partial charge in [0.05, 0.1) is 0 Å². The van der Waals surface area contributed by atoms with E-state index in [2.05, 4.69) is 43.0 Å². The van der Waals surface area contributed by atoms with Crippen LogP contribution in [0.15, 0.2) is 24.3 Å². The Kier molecular flexibility index (Phi) is 6.64. The van der Waals surface area contributed by atoms with Crippen LogP contribution in [0, 0.1) is 6.92 Å². The number of piperazine rings is 1. The van der Waals surface area contributed by atoms with Crippen molar-refractivity contribution in [1.29, 1.82) is 0 Å². The molecule has 2 amide bonds. The summed E-state index contributed by atoms with van der Waals surface area (Å²) < 4.78 is 0. The first-order valence-corrected chi connectivity index (χ1v) is 8.84. The standard InChI is InChI=1S/C19H29N3O2/c1-4-5-9-20(3)18(23)15-19(24)22-12-10-21(11-13-22)17-8-6-7-16(2)14-17/h6-8,14H,4-5,9-13,15H2,1-3H3. The summed E-state index contributed by atoms with van der Waals surface area (Å²) in [6.07, 6.45) is 2.02. The van der Waals surface area contributed by atoms with Crippen LogP contribution in [0.4, 0.5) is 5.69 Å². The predicted molar refractivity (Wildman–Crippen MR) is 97.1 cm³/mol. The van der Waals surface area contributed by atoms with Gasteiger partial charge in [0, 0.05) is 45.5 Å². The minimum atomic E-state index is -0.0745. The minimum absolute atomic E-state index is 0.00927. The van der Waals surface area contributed by atoms with Crippen molar-refractivity contribution in [2.24, 2.45) is 0 Å². The average Bonchev–Trinajstić information content (AvgIpc) is 2.59. The third-order valence-corrected chi connectivity index (χ3v) is 4.57. The second-order valence-corrected chi connectivity index (χ2v) is 6.55. The summed E-state index contributed by atoms with van der Waals surface area (Å²) in [5.41, 5.74) is 2.45. The first-order valence-electron chi connectivity index (χ1n) is 8.84. The quantitative estimate of drug-likeness (QED) is 0.751. The first kappa shape index (κ1) is 18.3. The Morgan fingerprint density at radius 2 is 1.88 bits per heavy atom. The lowest BCUT2D eigenvalue weighted by Gasteiger charge is -2.36. The molecule has 1 aliphatic rings. The van der Waals surface area contributed by atoms with Crippen LogP contribution in [-0.2, 0) is 9.59 Å². The third kappa shape index (κ3) is 4.98. The van der Waals surface area contributed by atoms with Crippen molar-refractivity contribution in [2.75, 3.05) is 44.7 Å². The number of nitrogens with zero attached hydrogens (tertiary/aromatic N) is 3. The lowest BCUT2D eigenvalue weighted by atomic mass is 10.2. The van der Waals surface area contributed by atoms with Crippen molar-refractivity contribution in [2.45, 2.75) is 33.1 Å². The SMILES string of the molecule is CCCCN(C)C(=O)CC(=O)N1CCN(c2cccc(C)c2)CC1. The lowest BCUT2D eigenvalue weighted by molar-refractivity contribution is -0.140. The number of aryl methyl sites for hydroxylation is 1. The smallest absolute Gasteiger partial charge is 0.232 e. The van der Waals surface area contributed by atoms with E-state index in [1.54, 1.807) is 11.9 Å². The summed E-state index contributed by atoms with van der Waals surface area (Å²) in [5.74, 6) is -0.123. The molecule has 1 aliphatic heterocycles. The molecule has 0 saturated carbocycles. The Hall–Kier alpha value is -2.04. The van der Waals surface area contributed by atoms with Crippen LogP contribution in [0.25, 0.3) is 0 Å².